The molecule has 0 radical (unpaired) electrons. The average Bonchev–Trinajstić information content (AvgIpc) is 2.36. The van der Waals surface area contributed by atoms with Gasteiger partial charge in [0.1, 0.15) is 0 Å². The highest BCUT2D eigenvalue weighted by Crippen LogP contribution is 2.14. The van der Waals surface area contributed by atoms with Crippen molar-refractivity contribution in [3.05, 3.63) is 52.4 Å². The molecule has 6 heteroatoms. The summed E-state index contributed by atoms with van der Waals surface area (Å²) in [4.78, 5) is 0. The molecule has 0 amide bonds. The van der Waals surface area contributed by atoms with Gasteiger partial charge in [0, 0.05) is 23.0 Å². The van der Waals surface area contributed by atoms with Crippen molar-refractivity contribution in [3.8, 4) is 0 Å². The number of hydrogen-bond donors (Lipinski definition) is 1. The van der Waals surface area contributed by atoms with Crippen LogP contribution in [0.4, 0.5) is 0 Å². The number of rotatable bonds is 7. The van der Waals surface area contributed by atoms with Crippen molar-refractivity contribution < 1.29 is 13.5 Å². The van der Waals surface area contributed by atoms with E-state index in [2.05, 4.69) is 22.5 Å². The number of aliphatic hydroxyl groups excluding tert-OH is 1. The lowest BCUT2D eigenvalue weighted by Crippen LogP contribution is -2.32. The molecule has 0 aliphatic carbocycles. The van der Waals surface area contributed by atoms with Gasteiger partial charge in [-0.15, -0.1) is 6.58 Å². The van der Waals surface area contributed by atoms with Gasteiger partial charge in [0.05, 0.1) is 6.61 Å². The Morgan fingerprint density at radius 2 is 2.16 bits per heavy atom. The number of hydrogen-bond acceptors (Lipinski definition) is 3. The molecule has 1 aromatic rings. The quantitative estimate of drug-likeness (QED) is 0.771. The van der Waals surface area contributed by atoms with E-state index in [4.69, 9.17) is 5.11 Å². The first kappa shape index (κ1) is 16.1. The normalized spacial score (nSPS) is 12.2. The summed E-state index contributed by atoms with van der Waals surface area (Å²) in [5.41, 5.74) is 0.778. The smallest absolute Gasteiger partial charge is 0.236 e. The molecule has 0 spiro atoms. The van der Waals surface area contributed by atoms with Crippen molar-refractivity contribution in [2.75, 3.05) is 19.7 Å². The lowest BCUT2D eigenvalue weighted by atomic mass is 10.2. The van der Waals surface area contributed by atoms with Crippen LogP contribution < -0.4 is 0 Å². The molecular weight excluding hydrogens is 330 g/mol. The van der Waals surface area contributed by atoms with Crippen LogP contribution in [0.3, 0.4) is 0 Å². The topological polar surface area (TPSA) is 57.6 Å². The Hall–Kier alpha value is -0.950. The van der Waals surface area contributed by atoms with E-state index in [1.807, 2.05) is 18.2 Å². The summed E-state index contributed by atoms with van der Waals surface area (Å²) in [6, 6.07) is 7.31. The first-order valence-electron chi connectivity index (χ1n) is 5.65. The Morgan fingerprint density at radius 3 is 2.74 bits per heavy atom. The Balaban J connectivity index is 2.91. The zero-order valence-electron chi connectivity index (χ0n) is 10.4. The molecule has 1 N–H and O–H groups in total. The van der Waals surface area contributed by atoms with Gasteiger partial charge in [-0.1, -0.05) is 34.1 Å². The van der Waals surface area contributed by atoms with Crippen LogP contribution in [0.25, 0.3) is 6.08 Å². The number of halogens is 1. The predicted octanol–water partition coefficient (Wildman–Crippen LogP) is 2.23. The van der Waals surface area contributed by atoms with Gasteiger partial charge in [0.2, 0.25) is 10.0 Å². The van der Waals surface area contributed by atoms with Gasteiger partial charge in [0.15, 0.2) is 0 Å². The summed E-state index contributed by atoms with van der Waals surface area (Å²) in [5, 5.41) is 10.0. The third-order valence-corrected chi connectivity index (χ3v) is 4.35. The molecule has 0 fully saturated rings. The minimum atomic E-state index is -3.55. The Labute approximate surface area is 122 Å². The molecule has 1 rings (SSSR count). The summed E-state index contributed by atoms with van der Waals surface area (Å²) in [7, 11) is -3.55. The lowest BCUT2D eigenvalue weighted by molar-refractivity contribution is 0.261. The lowest BCUT2D eigenvalue weighted by Gasteiger charge is -2.16. The van der Waals surface area contributed by atoms with Crippen LogP contribution in [0.15, 0.2) is 46.8 Å². The molecule has 0 aromatic heterocycles. The largest absolute Gasteiger partial charge is 0.395 e. The molecule has 104 valence electrons. The second-order valence-electron chi connectivity index (χ2n) is 3.77. The van der Waals surface area contributed by atoms with Gasteiger partial charge in [-0.05, 0) is 23.8 Å². The van der Waals surface area contributed by atoms with Crippen molar-refractivity contribution in [3.63, 3.8) is 0 Å². The summed E-state index contributed by atoms with van der Waals surface area (Å²) >= 11 is 3.32. The highest BCUT2D eigenvalue weighted by molar-refractivity contribution is 9.10. The molecule has 4 nitrogen and oxygen atoms in total. The molecule has 0 aliphatic heterocycles. The van der Waals surface area contributed by atoms with Gasteiger partial charge in [0.25, 0.3) is 0 Å². The maximum absolute atomic E-state index is 12.0. The van der Waals surface area contributed by atoms with Crippen molar-refractivity contribution in [2.45, 2.75) is 0 Å². The Kier molecular flexibility index (Phi) is 6.44. The van der Waals surface area contributed by atoms with Crippen LogP contribution >= 0.6 is 15.9 Å². The molecule has 1 aromatic carbocycles. The van der Waals surface area contributed by atoms with Crippen molar-refractivity contribution in [2.24, 2.45) is 0 Å². The zero-order chi connectivity index (χ0) is 14.3. The monoisotopic (exact) mass is 345 g/mol. The molecular formula is C13H16BrNO3S. The number of sulfonamides is 1. The van der Waals surface area contributed by atoms with Crippen molar-refractivity contribution in [1.82, 2.24) is 4.31 Å². The first-order chi connectivity index (χ1) is 8.99. The fourth-order valence-corrected chi connectivity index (χ4v) is 3.01. The second-order valence-corrected chi connectivity index (χ2v) is 6.51. The number of benzene rings is 1. The molecule has 0 saturated heterocycles. The van der Waals surface area contributed by atoms with E-state index in [1.165, 1.54) is 12.2 Å². The van der Waals surface area contributed by atoms with E-state index < -0.39 is 10.0 Å². The first-order valence-corrected chi connectivity index (χ1v) is 7.95. The molecule has 0 atom stereocenters. The van der Waals surface area contributed by atoms with E-state index in [9.17, 15) is 8.42 Å². The SMILES string of the molecule is C=CCN(CCO)S(=O)(=O)/C=C/c1cccc(Br)c1. The predicted molar refractivity (Wildman–Crippen MR) is 81.0 cm³/mol. The van der Waals surface area contributed by atoms with Crippen LogP contribution in [0.2, 0.25) is 0 Å². The van der Waals surface area contributed by atoms with Gasteiger partial charge < -0.3 is 5.11 Å². The highest BCUT2D eigenvalue weighted by atomic mass is 79.9. The Bertz CT molecular complexity index is 555. The molecule has 0 bridgehead atoms. The minimum Gasteiger partial charge on any atom is -0.395 e. The van der Waals surface area contributed by atoms with E-state index in [0.29, 0.717) is 0 Å². The molecule has 0 saturated carbocycles. The van der Waals surface area contributed by atoms with E-state index in [1.54, 1.807) is 6.07 Å². The third-order valence-electron chi connectivity index (χ3n) is 2.32. The summed E-state index contributed by atoms with van der Waals surface area (Å²) in [6.07, 6.45) is 3.01. The van der Waals surface area contributed by atoms with Gasteiger partial charge in [-0.3, -0.25) is 0 Å². The zero-order valence-corrected chi connectivity index (χ0v) is 12.8. The average molecular weight is 346 g/mol. The van der Waals surface area contributed by atoms with E-state index in [0.717, 1.165) is 19.7 Å². The van der Waals surface area contributed by atoms with E-state index in [-0.39, 0.29) is 19.7 Å². The number of aliphatic hydroxyl groups is 1. The summed E-state index contributed by atoms with van der Waals surface area (Å²) in [5.74, 6) is 0. The van der Waals surface area contributed by atoms with Crippen molar-refractivity contribution in [1.29, 1.82) is 0 Å². The Morgan fingerprint density at radius 1 is 1.42 bits per heavy atom. The van der Waals surface area contributed by atoms with Crippen LogP contribution in [0.5, 0.6) is 0 Å². The summed E-state index contributed by atoms with van der Waals surface area (Å²) < 4.78 is 26.1. The van der Waals surface area contributed by atoms with Gasteiger partial charge in [-0.25, -0.2) is 8.42 Å². The van der Waals surface area contributed by atoms with Crippen LogP contribution in [-0.4, -0.2) is 37.5 Å². The minimum absolute atomic E-state index is 0.0528. The molecule has 0 heterocycles. The second kappa shape index (κ2) is 7.59. The summed E-state index contributed by atoms with van der Waals surface area (Å²) in [6.45, 7) is 3.51. The van der Waals surface area contributed by atoms with Crippen molar-refractivity contribution >= 4 is 32.0 Å². The fourth-order valence-electron chi connectivity index (χ4n) is 1.44. The molecule has 0 aliphatic rings. The maximum atomic E-state index is 12.0. The van der Waals surface area contributed by atoms with Crippen LogP contribution in [-0.2, 0) is 10.0 Å². The van der Waals surface area contributed by atoms with Crippen LogP contribution in [0.1, 0.15) is 5.56 Å². The standard InChI is InChI=1S/C13H16BrNO3S/c1-2-7-15(8-9-16)19(17,18)10-6-12-4-3-5-13(14)11-12/h2-6,10-11,16H,1,7-9H2/b10-6+. The maximum Gasteiger partial charge on any atom is 0.236 e. The van der Waals surface area contributed by atoms with E-state index >= 15 is 0 Å². The van der Waals surface area contributed by atoms with Crippen LogP contribution in [0, 0.1) is 0 Å². The number of nitrogens with zero attached hydrogens (tertiary/aromatic N) is 1. The third kappa shape index (κ3) is 5.28. The van der Waals surface area contributed by atoms with Gasteiger partial charge >= 0.3 is 0 Å². The highest BCUT2D eigenvalue weighted by Gasteiger charge is 2.16. The molecule has 19 heavy (non-hydrogen) atoms. The molecule has 0 unspecified atom stereocenters. The van der Waals surface area contributed by atoms with Gasteiger partial charge in [-0.2, -0.15) is 4.31 Å². The fraction of sp³-hybridized carbons (Fsp3) is 0.231.